The van der Waals surface area contributed by atoms with Crippen LogP contribution >= 0.6 is 23.2 Å². The van der Waals surface area contributed by atoms with Gasteiger partial charge in [-0.25, -0.2) is 4.98 Å². The molecule has 1 saturated heterocycles. The van der Waals surface area contributed by atoms with E-state index in [9.17, 15) is 0 Å². The Labute approximate surface area is 130 Å². The number of rotatable bonds is 7. The largest absolute Gasteiger partial charge is 0.381 e. The Bertz CT molecular complexity index is 437. The third kappa shape index (κ3) is 4.40. The molecule has 0 spiro atoms. The second kappa shape index (κ2) is 7.91. The van der Waals surface area contributed by atoms with Gasteiger partial charge in [-0.2, -0.15) is 0 Å². The minimum absolute atomic E-state index is 0.554. The summed E-state index contributed by atoms with van der Waals surface area (Å²) in [6.45, 7) is 5.53. The molecule has 0 aliphatic carbocycles. The number of nitrogens with zero attached hydrogens (tertiary/aromatic N) is 1. The lowest BCUT2D eigenvalue weighted by Gasteiger charge is -2.13. The maximum atomic E-state index is 6.17. The number of hydrogen-bond donors (Lipinski definition) is 2. The monoisotopic (exact) mass is 317 g/mol. The van der Waals surface area contributed by atoms with E-state index in [0.717, 1.165) is 45.6 Å². The number of anilines is 2. The fraction of sp³-hybridized carbons (Fsp3) is 0.643. The number of hydrogen-bond acceptors (Lipinski definition) is 4. The molecular weight excluding hydrogens is 297 g/mol. The normalized spacial score (nSPS) is 18.2. The fourth-order valence-electron chi connectivity index (χ4n) is 2.16. The second-order valence-electron chi connectivity index (χ2n) is 5.02. The van der Waals surface area contributed by atoms with Gasteiger partial charge in [0.25, 0.3) is 0 Å². The van der Waals surface area contributed by atoms with Gasteiger partial charge in [-0.3, -0.25) is 0 Å². The molecule has 20 heavy (non-hydrogen) atoms. The molecule has 0 radical (unpaired) electrons. The summed E-state index contributed by atoms with van der Waals surface area (Å²) in [5.74, 6) is 2.02. The van der Waals surface area contributed by atoms with Crippen LogP contribution in [0.4, 0.5) is 11.6 Å². The molecule has 1 aliphatic rings. The first-order chi connectivity index (χ1) is 9.70. The second-order valence-corrected chi connectivity index (χ2v) is 5.84. The molecule has 2 rings (SSSR count). The Morgan fingerprint density at radius 2 is 1.95 bits per heavy atom. The summed E-state index contributed by atoms with van der Waals surface area (Å²) in [6, 6.07) is 1.73. The van der Waals surface area contributed by atoms with Crippen molar-refractivity contribution in [3.63, 3.8) is 0 Å². The maximum absolute atomic E-state index is 6.17. The van der Waals surface area contributed by atoms with E-state index in [1.54, 1.807) is 6.07 Å². The molecule has 6 heteroatoms. The predicted octanol–water partition coefficient (Wildman–Crippen LogP) is 4.05. The van der Waals surface area contributed by atoms with Crippen LogP contribution < -0.4 is 10.6 Å². The smallest absolute Gasteiger partial charge is 0.147 e. The van der Waals surface area contributed by atoms with Gasteiger partial charge in [0.1, 0.15) is 11.6 Å². The van der Waals surface area contributed by atoms with Gasteiger partial charge in [0, 0.05) is 26.3 Å². The number of pyridine rings is 1. The van der Waals surface area contributed by atoms with Crippen LogP contribution in [0.2, 0.25) is 10.0 Å². The highest BCUT2D eigenvalue weighted by Gasteiger charge is 2.15. The highest BCUT2D eigenvalue weighted by Crippen LogP contribution is 2.29. The lowest BCUT2D eigenvalue weighted by molar-refractivity contribution is 0.185. The summed E-state index contributed by atoms with van der Waals surface area (Å²) in [7, 11) is 0. The van der Waals surface area contributed by atoms with Crippen LogP contribution in [0.25, 0.3) is 0 Å². The zero-order chi connectivity index (χ0) is 14.4. The van der Waals surface area contributed by atoms with Gasteiger partial charge in [-0.05, 0) is 31.2 Å². The van der Waals surface area contributed by atoms with Crippen molar-refractivity contribution in [2.24, 2.45) is 5.92 Å². The van der Waals surface area contributed by atoms with E-state index in [4.69, 9.17) is 27.9 Å². The summed E-state index contributed by atoms with van der Waals surface area (Å²) in [5, 5.41) is 7.60. The molecule has 1 aromatic heterocycles. The molecule has 0 amide bonds. The van der Waals surface area contributed by atoms with Crippen LogP contribution in [-0.4, -0.2) is 31.3 Å². The van der Waals surface area contributed by atoms with E-state index in [1.165, 1.54) is 0 Å². The molecule has 1 atom stereocenters. The van der Waals surface area contributed by atoms with Crippen LogP contribution in [0.1, 0.15) is 26.2 Å². The first-order valence-electron chi connectivity index (χ1n) is 7.12. The zero-order valence-corrected chi connectivity index (χ0v) is 13.2. The van der Waals surface area contributed by atoms with E-state index < -0.39 is 0 Å². The number of nitrogens with one attached hydrogen (secondary N) is 2. The van der Waals surface area contributed by atoms with E-state index >= 15 is 0 Å². The predicted molar refractivity (Wildman–Crippen MR) is 85.1 cm³/mol. The van der Waals surface area contributed by atoms with E-state index in [0.29, 0.717) is 27.6 Å². The number of halogens is 2. The zero-order valence-electron chi connectivity index (χ0n) is 11.7. The molecule has 4 nitrogen and oxygen atoms in total. The van der Waals surface area contributed by atoms with Crippen LogP contribution in [0.5, 0.6) is 0 Å². The summed E-state index contributed by atoms with van der Waals surface area (Å²) in [6.07, 6.45) is 3.23. The Hall–Kier alpha value is -0.710. The van der Waals surface area contributed by atoms with Crippen molar-refractivity contribution in [3.05, 3.63) is 16.1 Å². The Morgan fingerprint density at radius 1 is 1.25 bits per heavy atom. The SMILES string of the molecule is CCCNc1nc(NCCC2CCOC2)c(Cl)cc1Cl. The van der Waals surface area contributed by atoms with Crippen molar-refractivity contribution in [1.29, 1.82) is 0 Å². The first-order valence-corrected chi connectivity index (χ1v) is 7.87. The van der Waals surface area contributed by atoms with Gasteiger partial charge in [0.2, 0.25) is 0 Å². The van der Waals surface area contributed by atoms with Gasteiger partial charge in [-0.1, -0.05) is 30.1 Å². The van der Waals surface area contributed by atoms with E-state index in [2.05, 4.69) is 22.5 Å². The lowest BCUT2D eigenvalue weighted by Crippen LogP contribution is -2.11. The van der Waals surface area contributed by atoms with Crippen molar-refractivity contribution < 1.29 is 4.74 Å². The van der Waals surface area contributed by atoms with Gasteiger partial charge in [-0.15, -0.1) is 0 Å². The standard InChI is InChI=1S/C14H21Cl2N3O/c1-2-5-17-13-11(15)8-12(16)14(19-13)18-6-3-10-4-7-20-9-10/h8,10H,2-7,9H2,1H3,(H2,17,18,19). The van der Waals surface area contributed by atoms with E-state index in [1.807, 2.05) is 0 Å². The summed E-state index contributed by atoms with van der Waals surface area (Å²) in [5.41, 5.74) is 0. The van der Waals surface area contributed by atoms with Crippen molar-refractivity contribution in [1.82, 2.24) is 4.98 Å². The molecule has 2 N–H and O–H groups in total. The molecule has 1 fully saturated rings. The summed E-state index contributed by atoms with van der Waals surface area (Å²) < 4.78 is 5.37. The van der Waals surface area contributed by atoms with Crippen LogP contribution in [0.3, 0.4) is 0 Å². The average molecular weight is 318 g/mol. The third-order valence-electron chi connectivity index (χ3n) is 3.34. The van der Waals surface area contributed by atoms with Crippen LogP contribution in [-0.2, 0) is 4.74 Å². The molecular formula is C14H21Cl2N3O. The Morgan fingerprint density at radius 3 is 2.55 bits per heavy atom. The van der Waals surface area contributed by atoms with Gasteiger partial charge >= 0.3 is 0 Å². The topological polar surface area (TPSA) is 46.2 Å². The minimum atomic E-state index is 0.554. The van der Waals surface area contributed by atoms with Gasteiger partial charge in [0.15, 0.2) is 0 Å². The quantitative estimate of drug-likeness (QED) is 0.796. The summed E-state index contributed by atoms with van der Waals surface area (Å²) in [4.78, 5) is 4.46. The average Bonchev–Trinajstić information content (AvgIpc) is 2.93. The highest BCUT2D eigenvalue weighted by atomic mass is 35.5. The van der Waals surface area contributed by atoms with Crippen LogP contribution in [0, 0.1) is 5.92 Å². The van der Waals surface area contributed by atoms with Crippen LogP contribution in [0.15, 0.2) is 6.07 Å². The molecule has 112 valence electrons. The fourth-order valence-corrected chi connectivity index (χ4v) is 2.66. The van der Waals surface area contributed by atoms with Crippen molar-refractivity contribution in [3.8, 4) is 0 Å². The molecule has 0 aromatic carbocycles. The Balaban J connectivity index is 1.91. The van der Waals surface area contributed by atoms with Gasteiger partial charge < -0.3 is 15.4 Å². The van der Waals surface area contributed by atoms with Crippen molar-refractivity contribution in [2.75, 3.05) is 36.9 Å². The van der Waals surface area contributed by atoms with Gasteiger partial charge in [0.05, 0.1) is 10.0 Å². The number of aromatic nitrogens is 1. The minimum Gasteiger partial charge on any atom is -0.381 e. The first kappa shape index (κ1) is 15.7. The number of ether oxygens (including phenoxy) is 1. The molecule has 1 aromatic rings. The Kier molecular flexibility index (Phi) is 6.20. The molecule has 1 aliphatic heterocycles. The molecule has 0 bridgehead atoms. The molecule has 2 heterocycles. The highest BCUT2D eigenvalue weighted by molar-refractivity contribution is 6.37. The summed E-state index contributed by atoms with van der Waals surface area (Å²) >= 11 is 12.3. The van der Waals surface area contributed by atoms with Crippen molar-refractivity contribution in [2.45, 2.75) is 26.2 Å². The third-order valence-corrected chi connectivity index (χ3v) is 3.92. The molecule has 1 unspecified atom stereocenters. The molecule has 0 saturated carbocycles. The van der Waals surface area contributed by atoms with Crippen molar-refractivity contribution >= 4 is 34.8 Å². The lowest BCUT2D eigenvalue weighted by atomic mass is 10.1. The van der Waals surface area contributed by atoms with E-state index in [-0.39, 0.29) is 0 Å². The maximum Gasteiger partial charge on any atom is 0.147 e.